The molecule has 1 rings (SSSR count). The van der Waals surface area contributed by atoms with Crippen LogP contribution in [0.2, 0.25) is 6.04 Å². The van der Waals surface area contributed by atoms with Crippen LogP contribution in [-0.4, -0.2) is 34.3 Å². The fourth-order valence-corrected chi connectivity index (χ4v) is 8.53. The fourth-order valence-electron chi connectivity index (χ4n) is 5.68. The van der Waals surface area contributed by atoms with Gasteiger partial charge in [0.2, 0.25) is 0 Å². The van der Waals surface area contributed by atoms with Crippen molar-refractivity contribution in [3.63, 3.8) is 0 Å². The van der Waals surface area contributed by atoms with E-state index in [1.807, 2.05) is 0 Å². The Morgan fingerprint density at radius 3 is 1.67 bits per heavy atom. The summed E-state index contributed by atoms with van der Waals surface area (Å²) in [5.41, 5.74) is 3.30. The molecule has 4 nitrogen and oxygen atoms in total. The molecule has 0 aliphatic carbocycles. The molecule has 1 fully saturated rings. The maximum Gasteiger partial charge on any atom is 0.517 e. The zero-order chi connectivity index (χ0) is 28.1. The zero-order valence-corrected chi connectivity index (χ0v) is 28.4. The number of unbranched alkanes of at least 4 members (excludes halogenated alkanes) is 20. The van der Waals surface area contributed by atoms with E-state index in [0.717, 1.165) is 50.8 Å². The summed E-state index contributed by atoms with van der Waals surface area (Å²) in [5.74, 6) is 1.50. The van der Waals surface area contributed by atoms with Gasteiger partial charge in [0.15, 0.2) is 0 Å². The van der Waals surface area contributed by atoms with Crippen LogP contribution in [0.3, 0.4) is 0 Å². The van der Waals surface area contributed by atoms with E-state index in [-0.39, 0.29) is 0 Å². The minimum absolute atomic E-state index is 0.645. The molecule has 0 radical (unpaired) electrons. The van der Waals surface area contributed by atoms with Crippen LogP contribution in [0.1, 0.15) is 174 Å². The van der Waals surface area contributed by atoms with Crippen LogP contribution >= 0.6 is 12.6 Å². The third kappa shape index (κ3) is 22.7. The number of hydrogen-bond donors (Lipinski definition) is 2. The van der Waals surface area contributed by atoms with E-state index >= 15 is 0 Å². The van der Waals surface area contributed by atoms with Crippen LogP contribution in [0.15, 0.2) is 0 Å². The molecule has 0 bridgehead atoms. The maximum absolute atomic E-state index is 6.38. The van der Waals surface area contributed by atoms with Gasteiger partial charge < -0.3 is 8.85 Å². The van der Waals surface area contributed by atoms with E-state index in [9.17, 15) is 0 Å². The van der Waals surface area contributed by atoms with Gasteiger partial charge in [0.1, 0.15) is 0 Å². The lowest BCUT2D eigenvalue weighted by Gasteiger charge is -2.33. The molecular formula is C33H69NO3SSi. The maximum atomic E-state index is 6.38. The van der Waals surface area contributed by atoms with Gasteiger partial charge in [-0.3, -0.25) is 4.53 Å². The molecular weight excluding hydrogens is 519 g/mol. The molecule has 234 valence electrons. The number of hydrogen-bond acceptors (Lipinski definition) is 5. The highest BCUT2D eigenvalue weighted by Crippen LogP contribution is 2.24. The second-order valence-electron chi connectivity index (χ2n) is 12.2. The van der Waals surface area contributed by atoms with Crippen molar-refractivity contribution in [2.45, 2.75) is 180 Å². The molecule has 0 spiro atoms. The van der Waals surface area contributed by atoms with Crippen LogP contribution in [-0.2, 0) is 13.4 Å². The van der Waals surface area contributed by atoms with Crippen molar-refractivity contribution in [2.24, 2.45) is 5.92 Å². The Hall–Kier alpha value is 0.407. The van der Waals surface area contributed by atoms with E-state index in [0.29, 0.717) is 5.92 Å². The van der Waals surface area contributed by atoms with Gasteiger partial charge >= 0.3 is 8.80 Å². The summed E-state index contributed by atoms with van der Waals surface area (Å²) in [6.07, 6.45) is 33.9. The van der Waals surface area contributed by atoms with Crippen molar-refractivity contribution < 1.29 is 13.4 Å². The molecule has 1 saturated heterocycles. The first-order valence-corrected chi connectivity index (χ1v) is 20.1. The molecule has 0 saturated carbocycles. The van der Waals surface area contributed by atoms with Crippen molar-refractivity contribution in [1.29, 1.82) is 0 Å². The average molecular weight is 588 g/mol. The van der Waals surface area contributed by atoms with Crippen molar-refractivity contribution >= 4 is 21.4 Å². The van der Waals surface area contributed by atoms with Crippen LogP contribution in [0.4, 0.5) is 0 Å². The molecule has 2 atom stereocenters. The Balaban J connectivity index is 2.03. The summed E-state index contributed by atoms with van der Waals surface area (Å²) in [7, 11) is -2.63. The van der Waals surface area contributed by atoms with Crippen molar-refractivity contribution in [1.82, 2.24) is 5.48 Å². The number of rotatable bonds is 28. The monoisotopic (exact) mass is 587 g/mol. The van der Waals surface area contributed by atoms with E-state index in [2.05, 4.69) is 32.0 Å². The largest absolute Gasteiger partial charge is 0.517 e. The Bertz CT molecular complexity index is 490. The van der Waals surface area contributed by atoms with Gasteiger partial charge in [-0.05, 0) is 37.4 Å². The molecule has 0 aromatic rings. The molecule has 6 heteroatoms. The molecule has 0 amide bonds. The van der Waals surface area contributed by atoms with Gasteiger partial charge in [-0.2, -0.15) is 12.6 Å². The lowest BCUT2D eigenvalue weighted by Crippen LogP contribution is -2.52. The van der Waals surface area contributed by atoms with Gasteiger partial charge in [0, 0.05) is 25.8 Å². The molecule has 1 aliphatic rings. The third-order valence-corrected chi connectivity index (χ3v) is 11.4. The second-order valence-corrected chi connectivity index (χ2v) is 15.3. The minimum atomic E-state index is -2.63. The van der Waals surface area contributed by atoms with E-state index < -0.39 is 8.80 Å². The summed E-state index contributed by atoms with van der Waals surface area (Å²) in [6.45, 7) is 7.03. The zero-order valence-electron chi connectivity index (χ0n) is 26.5. The Labute approximate surface area is 251 Å². The van der Waals surface area contributed by atoms with Crippen LogP contribution in [0, 0.1) is 5.92 Å². The molecule has 2 unspecified atom stereocenters. The molecule has 1 N–H and O–H groups in total. The summed E-state index contributed by atoms with van der Waals surface area (Å²) in [4.78, 5) is 0. The summed E-state index contributed by atoms with van der Waals surface area (Å²) < 4.78 is 18.9. The van der Waals surface area contributed by atoms with Crippen LogP contribution in [0.25, 0.3) is 0 Å². The summed E-state index contributed by atoms with van der Waals surface area (Å²) >= 11 is 4.42. The molecule has 1 aliphatic heterocycles. The molecule has 1 heterocycles. The fraction of sp³-hybridized carbons (Fsp3) is 1.00. The van der Waals surface area contributed by atoms with Crippen molar-refractivity contribution in [3.05, 3.63) is 0 Å². The van der Waals surface area contributed by atoms with E-state index in [1.165, 1.54) is 141 Å². The first-order valence-electron chi connectivity index (χ1n) is 17.6. The van der Waals surface area contributed by atoms with Crippen LogP contribution in [0.5, 0.6) is 0 Å². The molecule has 0 aromatic carbocycles. The first kappa shape index (κ1) is 37.4. The molecule has 0 aromatic heterocycles. The standard InChI is InChI=1S/C33H69NO3SSi/c1-3-5-7-9-11-12-13-14-15-16-17-18-19-20-21-23-26-33-27-29-36-39(31-25-30-38,37-34-32-33)35-28-24-22-10-8-6-4-2/h33-34,38H,3-32H2,1-2H3. The van der Waals surface area contributed by atoms with Gasteiger partial charge in [-0.15, -0.1) is 0 Å². The SMILES string of the molecule is CCCCCCCCCCCCCCCCCCC1CCO[Si](CCCS)(OCCCCCCCC)ONC1. The smallest absolute Gasteiger partial charge is 0.373 e. The van der Waals surface area contributed by atoms with E-state index in [4.69, 9.17) is 13.4 Å². The lowest BCUT2D eigenvalue weighted by atomic mass is 9.97. The first-order chi connectivity index (χ1) is 19.3. The molecule has 39 heavy (non-hydrogen) atoms. The number of nitrogens with one attached hydrogen (secondary N) is 1. The predicted octanol–water partition coefficient (Wildman–Crippen LogP) is 10.8. The topological polar surface area (TPSA) is 39.7 Å². The average Bonchev–Trinajstić information content (AvgIpc) is 2.93. The minimum Gasteiger partial charge on any atom is -0.373 e. The predicted molar refractivity (Wildman–Crippen MR) is 176 cm³/mol. The highest BCUT2D eigenvalue weighted by atomic mass is 32.1. The summed E-state index contributed by atoms with van der Waals surface area (Å²) in [5, 5.41) is 0. The Morgan fingerprint density at radius 1 is 0.667 bits per heavy atom. The Morgan fingerprint density at radius 2 is 1.15 bits per heavy atom. The second kappa shape index (κ2) is 28.5. The van der Waals surface area contributed by atoms with Crippen molar-refractivity contribution in [3.8, 4) is 0 Å². The Kier molecular flexibility index (Phi) is 27.4. The van der Waals surface area contributed by atoms with Crippen molar-refractivity contribution in [2.75, 3.05) is 25.5 Å². The van der Waals surface area contributed by atoms with Gasteiger partial charge in [-0.1, -0.05) is 149 Å². The normalized spacial score (nSPS) is 20.2. The number of thiol groups is 1. The number of hydroxylamine groups is 1. The van der Waals surface area contributed by atoms with Gasteiger partial charge in [0.05, 0.1) is 0 Å². The summed E-state index contributed by atoms with van der Waals surface area (Å²) in [6, 6.07) is 0.864. The van der Waals surface area contributed by atoms with Gasteiger partial charge in [0.25, 0.3) is 0 Å². The highest BCUT2D eigenvalue weighted by Gasteiger charge is 2.42. The van der Waals surface area contributed by atoms with E-state index in [1.54, 1.807) is 0 Å². The quantitative estimate of drug-likeness (QED) is 0.0542. The highest BCUT2D eigenvalue weighted by molar-refractivity contribution is 7.80. The van der Waals surface area contributed by atoms with Crippen LogP contribution < -0.4 is 5.48 Å². The lowest BCUT2D eigenvalue weighted by molar-refractivity contribution is -0.00441. The van der Waals surface area contributed by atoms with Gasteiger partial charge in [-0.25, -0.2) is 5.48 Å². The third-order valence-electron chi connectivity index (χ3n) is 8.37.